The Morgan fingerprint density at radius 1 is 0.690 bits per heavy atom. The lowest BCUT2D eigenvalue weighted by atomic mass is 10.1. The smallest absolute Gasteiger partial charge is 0.173 e. The Hall–Kier alpha value is -4.19. The monoisotopic (exact) mass is 376 g/mol. The molecule has 2 heterocycles. The van der Waals surface area contributed by atoms with Gasteiger partial charge in [0, 0.05) is 18.0 Å². The Bertz CT molecular complexity index is 1330. The maximum Gasteiger partial charge on any atom is 0.173 e. The topological polar surface area (TPSA) is 76.0 Å². The lowest BCUT2D eigenvalue weighted by Crippen LogP contribution is -2.00. The van der Waals surface area contributed by atoms with Gasteiger partial charge in [-0.15, -0.1) is 0 Å². The SMILES string of the molecule is C(=N\Nc1nc2ccccc2nc1-c1ccccc1)/c1ccc2nccnc2c1. The average Bonchev–Trinajstić information content (AvgIpc) is 2.79. The van der Waals surface area contributed by atoms with E-state index in [1.54, 1.807) is 18.6 Å². The summed E-state index contributed by atoms with van der Waals surface area (Å²) in [6, 6.07) is 23.6. The molecule has 0 radical (unpaired) electrons. The fraction of sp³-hybridized carbons (Fsp3) is 0. The molecule has 0 amide bonds. The predicted octanol–water partition coefficient (Wildman–Crippen LogP) is 4.69. The summed E-state index contributed by atoms with van der Waals surface area (Å²) in [4.78, 5) is 18.1. The normalized spacial score (nSPS) is 11.3. The molecule has 0 aliphatic carbocycles. The summed E-state index contributed by atoms with van der Waals surface area (Å²) in [5.74, 6) is 0.603. The molecule has 138 valence electrons. The van der Waals surface area contributed by atoms with Gasteiger partial charge in [0.15, 0.2) is 5.82 Å². The van der Waals surface area contributed by atoms with Crippen molar-refractivity contribution in [2.24, 2.45) is 5.10 Å². The zero-order valence-electron chi connectivity index (χ0n) is 15.4. The van der Waals surface area contributed by atoms with Crippen molar-refractivity contribution in [3.63, 3.8) is 0 Å². The highest BCUT2D eigenvalue weighted by molar-refractivity contribution is 5.88. The van der Waals surface area contributed by atoms with E-state index in [1.807, 2.05) is 72.8 Å². The number of anilines is 1. The summed E-state index contributed by atoms with van der Waals surface area (Å²) in [5.41, 5.74) is 9.04. The van der Waals surface area contributed by atoms with Crippen molar-refractivity contribution in [1.82, 2.24) is 19.9 Å². The number of fused-ring (bicyclic) bond motifs is 2. The first-order valence-corrected chi connectivity index (χ1v) is 9.19. The first-order valence-electron chi connectivity index (χ1n) is 9.19. The molecule has 2 aromatic heterocycles. The number of benzene rings is 3. The van der Waals surface area contributed by atoms with E-state index in [0.717, 1.165) is 38.9 Å². The van der Waals surface area contributed by atoms with Gasteiger partial charge < -0.3 is 0 Å². The molecule has 0 unspecified atom stereocenters. The Morgan fingerprint density at radius 2 is 1.41 bits per heavy atom. The van der Waals surface area contributed by atoms with Crippen LogP contribution in [-0.2, 0) is 0 Å². The van der Waals surface area contributed by atoms with Gasteiger partial charge >= 0.3 is 0 Å². The van der Waals surface area contributed by atoms with Crippen LogP contribution < -0.4 is 5.43 Å². The molecule has 0 bridgehead atoms. The molecule has 0 aliphatic rings. The van der Waals surface area contributed by atoms with Crippen molar-refractivity contribution in [3.05, 3.63) is 90.8 Å². The molecule has 0 saturated heterocycles. The average molecular weight is 376 g/mol. The predicted molar refractivity (Wildman–Crippen MR) is 116 cm³/mol. The Balaban J connectivity index is 1.50. The van der Waals surface area contributed by atoms with Crippen LogP contribution in [0.5, 0.6) is 0 Å². The maximum absolute atomic E-state index is 4.79. The first kappa shape index (κ1) is 16.9. The second-order valence-electron chi connectivity index (χ2n) is 6.45. The van der Waals surface area contributed by atoms with Crippen LogP contribution in [0.2, 0.25) is 0 Å². The van der Waals surface area contributed by atoms with Crippen molar-refractivity contribution in [2.45, 2.75) is 0 Å². The first-order chi connectivity index (χ1) is 14.4. The van der Waals surface area contributed by atoms with Crippen LogP contribution in [-0.4, -0.2) is 26.2 Å². The van der Waals surface area contributed by atoms with Crippen LogP contribution in [0, 0.1) is 0 Å². The molecule has 1 N–H and O–H groups in total. The van der Waals surface area contributed by atoms with Gasteiger partial charge in [-0.1, -0.05) is 48.5 Å². The third-order valence-electron chi connectivity index (χ3n) is 4.50. The third kappa shape index (κ3) is 3.51. The standard InChI is InChI=1S/C23H16N6/c1-2-6-17(7-3-1)22-23(28-20-9-5-4-8-19(20)27-22)29-26-15-16-10-11-18-21(14-16)25-13-12-24-18/h1-15H,(H,28,29)/b26-15+. The van der Waals surface area contributed by atoms with Crippen molar-refractivity contribution in [2.75, 3.05) is 5.43 Å². The lowest BCUT2D eigenvalue weighted by molar-refractivity contribution is 1.22. The van der Waals surface area contributed by atoms with Crippen LogP contribution in [0.25, 0.3) is 33.3 Å². The molecule has 5 aromatic rings. The minimum atomic E-state index is 0.603. The zero-order chi connectivity index (χ0) is 19.5. The van der Waals surface area contributed by atoms with Crippen LogP contribution in [0.3, 0.4) is 0 Å². The van der Waals surface area contributed by atoms with E-state index < -0.39 is 0 Å². The molecule has 5 rings (SSSR count). The number of aromatic nitrogens is 4. The van der Waals surface area contributed by atoms with E-state index in [4.69, 9.17) is 9.97 Å². The number of rotatable bonds is 4. The van der Waals surface area contributed by atoms with E-state index >= 15 is 0 Å². The highest BCUT2D eigenvalue weighted by atomic mass is 15.3. The van der Waals surface area contributed by atoms with Gasteiger partial charge in [0.05, 0.1) is 28.3 Å². The number of hydrazone groups is 1. The van der Waals surface area contributed by atoms with Gasteiger partial charge in [-0.25, -0.2) is 9.97 Å². The summed E-state index contributed by atoms with van der Waals surface area (Å²) in [6.07, 6.45) is 5.10. The summed E-state index contributed by atoms with van der Waals surface area (Å²) in [5, 5.41) is 4.39. The van der Waals surface area contributed by atoms with Gasteiger partial charge in [-0.2, -0.15) is 5.10 Å². The molecule has 0 atom stereocenters. The molecule has 29 heavy (non-hydrogen) atoms. The van der Waals surface area contributed by atoms with Crippen molar-refractivity contribution >= 4 is 34.1 Å². The summed E-state index contributed by atoms with van der Waals surface area (Å²) >= 11 is 0. The van der Waals surface area contributed by atoms with Gasteiger partial charge in [0.2, 0.25) is 0 Å². The molecule has 6 nitrogen and oxygen atoms in total. The molecule has 3 aromatic carbocycles. The maximum atomic E-state index is 4.79. The highest BCUT2D eigenvalue weighted by Gasteiger charge is 2.10. The number of nitrogens with zero attached hydrogens (tertiary/aromatic N) is 5. The van der Waals surface area contributed by atoms with Crippen molar-refractivity contribution < 1.29 is 0 Å². The Labute approximate surface area is 167 Å². The molecule has 0 spiro atoms. The minimum absolute atomic E-state index is 0.603. The molecule has 0 fully saturated rings. The van der Waals surface area contributed by atoms with Crippen LogP contribution >= 0.6 is 0 Å². The number of para-hydroxylation sites is 2. The van der Waals surface area contributed by atoms with E-state index in [2.05, 4.69) is 20.5 Å². The fourth-order valence-corrected chi connectivity index (χ4v) is 3.10. The molecule has 0 aliphatic heterocycles. The van der Waals surface area contributed by atoms with Gasteiger partial charge in [-0.3, -0.25) is 15.4 Å². The second kappa shape index (κ2) is 7.44. The van der Waals surface area contributed by atoms with Crippen LogP contribution in [0.4, 0.5) is 5.82 Å². The molecule has 6 heteroatoms. The van der Waals surface area contributed by atoms with E-state index in [-0.39, 0.29) is 0 Å². The molecular weight excluding hydrogens is 360 g/mol. The van der Waals surface area contributed by atoms with Gasteiger partial charge in [0.25, 0.3) is 0 Å². The number of hydrogen-bond donors (Lipinski definition) is 1. The number of nitrogens with one attached hydrogen (secondary N) is 1. The lowest BCUT2D eigenvalue weighted by Gasteiger charge is -2.09. The van der Waals surface area contributed by atoms with Gasteiger partial charge in [0.1, 0.15) is 5.69 Å². The zero-order valence-corrected chi connectivity index (χ0v) is 15.4. The van der Waals surface area contributed by atoms with E-state index in [9.17, 15) is 0 Å². The summed E-state index contributed by atoms with van der Waals surface area (Å²) in [7, 11) is 0. The quantitative estimate of drug-likeness (QED) is 0.364. The third-order valence-corrected chi connectivity index (χ3v) is 4.50. The van der Waals surface area contributed by atoms with Crippen molar-refractivity contribution in [3.8, 4) is 11.3 Å². The number of hydrogen-bond acceptors (Lipinski definition) is 6. The summed E-state index contributed by atoms with van der Waals surface area (Å²) < 4.78 is 0. The largest absolute Gasteiger partial charge is 0.260 e. The molecular formula is C23H16N6. The second-order valence-corrected chi connectivity index (χ2v) is 6.45. The van der Waals surface area contributed by atoms with E-state index in [1.165, 1.54) is 0 Å². The highest BCUT2D eigenvalue weighted by Crippen LogP contribution is 2.26. The van der Waals surface area contributed by atoms with Gasteiger partial charge in [-0.05, 0) is 29.8 Å². The van der Waals surface area contributed by atoms with Crippen LogP contribution in [0.15, 0.2) is 90.3 Å². The Kier molecular flexibility index (Phi) is 4.35. The summed E-state index contributed by atoms with van der Waals surface area (Å²) in [6.45, 7) is 0. The molecule has 0 saturated carbocycles. The minimum Gasteiger partial charge on any atom is -0.260 e. The van der Waals surface area contributed by atoms with E-state index in [0.29, 0.717) is 5.82 Å². The van der Waals surface area contributed by atoms with Crippen molar-refractivity contribution in [1.29, 1.82) is 0 Å². The fourth-order valence-electron chi connectivity index (χ4n) is 3.10. The Morgan fingerprint density at radius 3 is 2.24 bits per heavy atom. The van der Waals surface area contributed by atoms with Crippen LogP contribution in [0.1, 0.15) is 5.56 Å².